The number of rotatable bonds is 6. The van der Waals surface area contributed by atoms with Gasteiger partial charge in [-0.05, 0) is 19.8 Å². The van der Waals surface area contributed by atoms with Crippen molar-refractivity contribution in [3.05, 3.63) is 0 Å². The Morgan fingerprint density at radius 1 is 1.29 bits per heavy atom. The van der Waals surface area contributed by atoms with E-state index in [9.17, 15) is 9.90 Å². The third-order valence-corrected chi connectivity index (χ3v) is 2.21. The minimum Gasteiger partial charge on any atom is -0.480 e. The maximum atomic E-state index is 10.6. The first-order valence-corrected chi connectivity index (χ1v) is 4.98. The summed E-state index contributed by atoms with van der Waals surface area (Å²) < 4.78 is 0. The molecule has 2 unspecified atom stereocenters. The highest BCUT2D eigenvalue weighted by molar-refractivity contribution is 5.69. The topological polar surface area (TPSA) is 60.8 Å². The van der Waals surface area contributed by atoms with Crippen LogP contribution in [-0.4, -0.2) is 46.3 Å². The lowest BCUT2D eigenvalue weighted by atomic mass is 10.1. The number of carboxylic acids is 1. The Balaban J connectivity index is 4.30. The number of nitrogens with zero attached hydrogens (tertiary/aromatic N) is 1. The predicted molar refractivity (Wildman–Crippen MR) is 55.2 cm³/mol. The van der Waals surface area contributed by atoms with Gasteiger partial charge in [-0.25, -0.2) is 0 Å². The summed E-state index contributed by atoms with van der Waals surface area (Å²) in [7, 11) is 0. The van der Waals surface area contributed by atoms with E-state index in [0.717, 1.165) is 0 Å². The molecule has 4 heteroatoms. The average Bonchev–Trinajstić information content (AvgIpc) is 1.99. The fraction of sp³-hybridized carbons (Fsp3) is 0.900. The highest BCUT2D eigenvalue weighted by atomic mass is 16.4. The molecular weight excluding hydrogens is 182 g/mol. The van der Waals surface area contributed by atoms with Crippen molar-refractivity contribution in [2.24, 2.45) is 5.92 Å². The summed E-state index contributed by atoms with van der Waals surface area (Å²) >= 11 is 0. The average molecular weight is 203 g/mol. The van der Waals surface area contributed by atoms with E-state index < -0.39 is 12.1 Å². The van der Waals surface area contributed by atoms with Crippen molar-refractivity contribution in [2.45, 2.75) is 39.8 Å². The van der Waals surface area contributed by atoms with Gasteiger partial charge in [0.25, 0.3) is 0 Å². The monoisotopic (exact) mass is 203 g/mol. The molecule has 0 aromatic heterocycles. The van der Waals surface area contributed by atoms with Crippen LogP contribution in [0.25, 0.3) is 0 Å². The van der Waals surface area contributed by atoms with Gasteiger partial charge in [-0.15, -0.1) is 0 Å². The fourth-order valence-electron chi connectivity index (χ4n) is 1.32. The lowest BCUT2D eigenvalue weighted by molar-refractivity contribution is -0.139. The molecular formula is C10H21NO3. The normalized spacial score (nSPS) is 15.9. The summed E-state index contributed by atoms with van der Waals surface area (Å²) in [6, 6.07) is -0.117. The Kier molecular flexibility index (Phi) is 5.72. The van der Waals surface area contributed by atoms with E-state index in [1.165, 1.54) is 0 Å². The van der Waals surface area contributed by atoms with Crippen molar-refractivity contribution in [3.63, 3.8) is 0 Å². The maximum Gasteiger partial charge on any atom is 0.317 e. The second kappa shape index (κ2) is 5.98. The lowest BCUT2D eigenvalue weighted by Gasteiger charge is -2.30. The number of aliphatic hydroxyl groups excluding tert-OH is 1. The van der Waals surface area contributed by atoms with Crippen LogP contribution in [0, 0.1) is 5.92 Å². The largest absolute Gasteiger partial charge is 0.480 e. The van der Waals surface area contributed by atoms with Gasteiger partial charge in [0.1, 0.15) is 0 Å². The van der Waals surface area contributed by atoms with Crippen LogP contribution in [0.1, 0.15) is 27.7 Å². The molecule has 2 N–H and O–H groups in total. The molecule has 0 saturated heterocycles. The van der Waals surface area contributed by atoms with Crippen LogP contribution in [0.4, 0.5) is 0 Å². The SMILES string of the molecule is CC(C)CN(CC(=O)O)C(C)C(C)O. The molecule has 0 radical (unpaired) electrons. The van der Waals surface area contributed by atoms with Crippen LogP contribution < -0.4 is 0 Å². The minimum atomic E-state index is -0.849. The van der Waals surface area contributed by atoms with Crippen molar-refractivity contribution in [1.29, 1.82) is 0 Å². The fourth-order valence-corrected chi connectivity index (χ4v) is 1.32. The van der Waals surface area contributed by atoms with Gasteiger partial charge in [0.05, 0.1) is 12.6 Å². The Labute approximate surface area is 85.5 Å². The van der Waals surface area contributed by atoms with Gasteiger partial charge in [0.2, 0.25) is 0 Å². The Hall–Kier alpha value is -0.610. The number of hydrogen-bond donors (Lipinski definition) is 2. The molecule has 0 aromatic carbocycles. The first-order valence-electron chi connectivity index (χ1n) is 4.98. The van der Waals surface area contributed by atoms with Gasteiger partial charge >= 0.3 is 5.97 Å². The zero-order valence-electron chi connectivity index (χ0n) is 9.40. The van der Waals surface area contributed by atoms with Gasteiger partial charge in [-0.2, -0.15) is 0 Å². The third-order valence-electron chi connectivity index (χ3n) is 2.21. The van der Waals surface area contributed by atoms with Gasteiger partial charge in [0.15, 0.2) is 0 Å². The first kappa shape index (κ1) is 13.4. The van der Waals surface area contributed by atoms with E-state index in [2.05, 4.69) is 0 Å². The van der Waals surface area contributed by atoms with Crippen LogP contribution in [0.2, 0.25) is 0 Å². The van der Waals surface area contributed by atoms with E-state index in [-0.39, 0.29) is 12.6 Å². The molecule has 0 spiro atoms. The highest BCUT2D eigenvalue weighted by Crippen LogP contribution is 2.07. The molecule has 0 aliphatic carbocycles. The second-order valence-electron chi connectivity index (χ2n) is 4.20. The molecule has 14 heavy (non-hydrogen) atoms. The minimum absolute atomic E-state index is 0.00968. The molecule has 0 bridgehead atoms. The molecule has 84 valence electrons. The Morgan fingerprint density at radius 3 is 2.07 bits per heavy atom. The van der Waals surface area contributed by atoms with Crippen molar-refractivity contribution in [2.75, 3.05) is 13.1 Å². The number of aliphatic hydroxyl groups is 1. The molecule has 0 saturated carbocycles. The molecule has 0 aliphatic rings. The zero-order valence-corrected chi connectivity index (χ0v) is 9.40. The number of carboxylic acid groups (broad SMARTS) is 1. The standard InChI is InChI=1S/C10H21NO3/c1-7(2)5-11(6-10(13)14)8(3)9(4)12/h7-9,12H,5-6H2,1-4H3,(H,13,14). The molecule has 0 aromatic rings. The Bertz CT molecular complexity index is 180. The van der Waals surface area contributed by atoms with E-state index in [4.69, 9.17) is 5.11 Å². The van der Waals surface area contributed by atoms with E-state index >= 15 is 0 Å². The summed E-state index contributed by atoms with van der Waals surface area (Å²) in [5.41, 5.74) is 0. The maximum absolute atomic E-state index is 10.6. The second-order valence-corrected chi connectivity index (χ2v) is 4.20. The molecule has 0 amide bonds. The van der Waals surface area contributed by atoms with Crippen LogP contribution in [0.5, 0.6) is 0 Å². The predicted octanol–water partition coefficient (Wildman–Crippen LogP) is 0.798. The summed E-state index contributed by atoms with van der Waals surface area (Å²) in [5.74, 6) is -0.450. The van der Waals surface area contributed by atoms with E-state index in [1.807, 2.05) is 20.8 Å². The summed E-state index contributed by atoms with van der Waals surface area (Å²) in [6.45, 7) is 8.27. The number of hydrogen-bond acceptors (Lipinski definition) is 3. The summed E-state index contributed by atoms with van der Waals surface area (Å²) in [4.78, 5) is 12.4. The van der Waals surface area contributed by atoms with Crippen molar-refractivity contribution >= 4 is 5.97 Å². The van der Waals surface area contributed by atoms with E-state index in [1.54, 1.807) is 11.8 Å². The van der Waals surface area contributed by atoms with Gasteiger partial charge < -0.3 is 10.2 Å². The van der Waals surface area contributed by atoms with E-state index in [0.29, 0.717) is 12.5 Å². The molecule has 2 atom stereocenters. The summed E-state index contributed by atoms with van der Waals surface area (Å²) in [6.07, 6.45) is -0.506. The molecule has 0 heterocycles. The van der Waals surface area contributed by atoms with Crippen LogP contribution >= 0.6 is 0 Å². The number of aliphatic carboxylic acids is 1. The van der Waals surface area contributed by atoms with Crippen molar-refractivity contribution < 1.29 is 15.0 Å². The zero-order chi connectivity index (χ0) is 11.3. The first-order chi connectivity index (χ1) is 6.34. The molecule has 4 nitrogen and oxygen atoms in total. The summed E-state index contributed by atoms with van der Waals surface area (Å²) in [5, 5.41) is 18.1. The van der Waals surface area contributed by atoms with Gasteiger partial charge in [-0.1, -0.05) is 13.8 Å². The quantitative estimate of drug-likeness (QED) is 0.670. The highest BCUT2D eigenvalue weighted by Gasteiger charge is 2.21. The smallest absolute Gasteiger partial charge is 0.317 e. The number of carbonyl (C=O) groups is 1. The van der Waals surface area contributed by atoms with Gasteiger partial charge in [-0.3, -0.25) is 9.69 Å². The lowest BCUT2D eigenvalue weighted by Crippen LogP contribution is -2.44. The Morgan fingerprint density at radius 2 is 1.79 bits per heavy atom. The van der Waals surface area contributed by atoms with Gasteiger partial charge in [0, 0.05) is 12.6 Å². The molecule has 0 fully saturated rings. The van der Waals surface area contributed by atoms with Crippen LogP contribution in [0.3, 0.4) is 0 Å². The molecule has 0 aliphatic heterocycles. The third kappa shape index (κ3) is 5.19. The van der Waals surface area contributed by atoms with Crippen molar-refractivity contribution in [1.82, 2.24) is 4.90 Å². The molecule has 0 rings (SSSR count). The van der Waals surface area contributed by atoms with Crippen LogP contribution in [-0.2, 0) is 4.79 Å². The van der Waals surface area contributed by atoms with Crippen molar-refractivity contribution in [3.8, 4) is 0 Å². The van der Waals surface area contributed by atoms with Crippen LogP contribution in [0.15, 0.2) is 0 Å².